The molecule has 5 nitrogen and oxygen atoms in total. The van der Waals surface area contributed by atoms with Gasteiger partial charge in [-0.05, 0) is 43.6 Å². The summed E-state index contributed by atoms with van der Waals surface area (Å²) in [7, 11) is 4.00. The molecule has 0 bridgehead atoms. The molecule has 0 saturated heterocycles. The van der Waals surface area contributed by atoms with Crippen LogP contribution in [0.15, 0.2) is 18.2 Å². The summed E-state index contributed by atoms with van der Waals surface area (Å²) in [5.74, 6) is 2.22. The summed E-state index contributed by atoms with van der Waals surface area (Å²) < 4.78 is 11.2. The molecular weight excluding hydrogens is 292 g/mol. The number of hydrogen-bond donors (Lipinski definition) is 1. The summed E-state index contributed by atoms with van der Waals surface area (Å²) in [5.41, 5.74) is 1.13. The predicted octanol–water partition coefficient (Wildman–Crippen LogP) is 2.27. The molecule has 1 aliphatic rings. The third-order valence-electron chi connectivity index (χ3n) is 4.09. The van der Waals surface area contributed by atoms with Crippen LogP contribution in [-0.4, -0.2) is 51.2 Å². The smallest absolute Gasteiger partial charge is 0.220 e. The molecule has 1 N–H and O–H groups in total. The van der Waals surface area contributed by atoms with Crippen LogP contribution in [0.25, 0.3) is 0 Å². The van der Waals surface area contributed by atoms with Crippen LogP contribution in [0.5, 0.6) is 11.5 Å². The third kappa shape index (κ3) is 5.13. The Hall–Kier alpha value is -1.75. The molecule has 0 fully saturated rings. The van der Waals surface area contributed by atoms with Crippen LogP contribution in [0, 0.1) is 5.92 Å². The van der Waals surface area contributed by atoms with E-state index in [1.807, 2.05) is 32.3 Å². The third-order valence-corrected chi connectivity index (χ3v) is 4.09. The second-order valence-electron chi connectivity index (χ2n) is 6.61. The van der Waals surface area contributed by atoms with E-state index in [2.05, 4.69) is 24.1 Å². The molecular formula is C18H28N2O3. The van der Waals surface area contributed by atoms with Crippen molar-refractivity contribution in [2.24, 2.45) is 5.92 Å². The lowest BCUT2D eigenvalue weighted by Crippen LogP contribution is -2.32. The fraction of sp³-hybridized carbons (Fsp3) is 0.611. The fourth-order valence-electron chi connectivity index (χ4n) is 2.72. The average molecular weight is 320 g/mol. The Bertz CT molecular complexity index is 529. The summed E-state index contributed by atoms with van der Waals surface area (Å²) in [6.07, 6.45) is 0.491. The van der Waals surface area contributed by atoms with E-state index < -0.39 is 0 Å². The number of nitrogens with one attached hydrogen (secondary N) is 1. The van der Waals surface area contributed by atoms with E-state index in [-0.39, 0.29) is 11.8 Å². The van der Waals surface area contributed by atoms with Crippen LogP contribution >= 0.6 is 0 Å². The number of likely N-dealkylation sites (N-methyl/N-ethyl adjacent to an activating group) is 1. The quantitative estimate of drug-likeness (QED) is 0.837. The van der Waals surface area contributed by atoms with Gasteiger partial charge in [0.05, 0.1) is 0 Å². The molecule has 2 rings (SSSR count). The van der Waals surface area contributed by atoms with Gasteiger partial charge in [0.2, 0.25) is 5.91 Å². The van der Waals surface area contributed by atoms with Crippen molar-refractivity contribution in [2.45, 2.75) is 26.2 Å². The van der Waals surface area contributed by atoms with E-state index in [1.54, 1.807) is 0 Å². The second kappa shape index (κ2) is 8.20. The van der Waals surface area contributed by atoms with Crippen LogP contribution in [0.4, 0.5) is 0 Å². The van der Waals surface area contributed by atoms with Crippen molar-refractivity contribution < 1.29 is 14.3 Å². The van der Waals surface area contributed by atoms with Crippen molar-refractivity contribution in [2.75, 3.05) is 40.4 Å². The van der Waals surface area contributed by atoms with E-state index >= 15 is 0 Å². The van der Waals surface area contributed by atoms with Gasteiger partial charge in [0.1, 0.15) is 13.2 Å². The first kappa shape index (κ1) is 17.6. The normalized spacial score (nSPS) is 14.9. The molecule has 0 aromatic heterocycles. The minimum absolute atomic E-state index is 0.0976. The zero-order valence-electron chi connectivity index (χ0n) is 14.6. The van der Waals surface area contributed by atoms with Gasteiger partial charge in [-0.25, -0.2) is 0 Å². The molecule has 1 aliphatic heterocycles. The maximum Gasteiger partial charge on any atom is 0.220 e. The number of rotatable bonds is 7. The summed E-state index contributed by atoms with van der Waals surface area (Å²) in [4.78, 5) is 14.3. The first-order chi connectivity index (χ1) is 11.0. The maximum absolute atomic E-state index is 12.2. The molecule has 23 heavy (non-hydrogen) atoms. The predicted molar refractivity (Wildman–Crippen MR) is 91.2 cm³/mol. The number of benzene rings is 1. The lowest BCUT2D eigenvalue weighted by Gasteiger charge is -2.24. The number of amides is 1. The van der Waals surface area contributed by atoms with Gasteiger partial charge in [-0.2, -0.15) is 0 Å². The van der Waals surface area contributed by atoms with Gasteiger partial charge >= 0.3 is 0 Å². The highest BCUT2D eigenvalue weighted by Gasteiger charge is 2.22. The molecule has 1 unspecified atom stereocenters. The zero-order chi connectivity index (χ0) is 16.8. The van der Waals surface area contributed by atoms with Gasteiger partial charge in [0.15, 0.2) is 11.5 Å². The SMILES string of the molecule is CC(C)C(CC(=O)NCCN(C)C)c1ccc2c(c1)OCCO2. The van der Waals surface area contributed by atoms with Gasteiger partial charge in [-0.3, -0.25) is 4.79 Å². The fourth-order valence-corrected chi connectivity index (χ4v) is 2.72. The summed E-state index contributed by atoms with van der Waals surface area (Å²) in [5, 5.41) is 2.99. The first-order valence-electron chi connectivity index (χ1n) is 8.28. The van der Waals surface area contributed by atoms with Crippen LogP contribution in [0.1, 0.15) is 31.7 Å². The van der Waals surface area contributed by atoms with Crippen molar-refractivity contribution in [3.05, 3.63) is 23.8 Å². The molecule has 0 saturated carbocycles. The van der Waals surface area contributed by atoms with Gasteiger partial charge in [-0.1, -0.05) is 19.9 Å². The maximum atomic E-state index is 12.2. The molecule has 1 heterocycles. The second-order valence-corrected chi connectivity index (χ2v) is 6.61. The summed E-state index contributed by atoms with van der Waals surface area (Å²) in [6.45, 7) is 6.99. The van der Waals surface area contributed by atoms with Crippen molar-refractivity contribution in [3.8, 4) is 11.5 Å². The largest absolute Gasteiger partial charge is 0.486 e. The topological polar surface area (TPSA) is 50.8 Å². The number of hydrogen-bond acceptors (Lipinski definition) is 4. The molecule has 0 radical (unpaired) electrons. The van der Waals surface area contributed by atoms with Crippen molar-refractivity contribution in [1.82, 2.24) is 10.2 Å². The summed E-state index contributed by atoms with van der Waals surface area (Å²) in [6, 6.07) is 6.01. The standard InChI is InChI=1S/C18H28N2O3/c1-13(2)15(12-18(21)19-7-8-20(3)4)14-5-6-16-17(11-14)23-10-9-22-16/h5-6,11,13,15H,7-10,12H2,1-4H3,(H,19,21). The van der Waals surface area contributed by atoms with Gasteiger partial charge in [0, 0.05) is 19.5 Å². The molecule has 128 valence electrons. The molecule has 5 heteroatoms. The van der Waals surface area contributed by atoms with Crippen molar-refractivity contribution in [1.29, 1.82) is 0 Å². The van der Waals surface area contributed by atoms with E-state index in [1.165, 1.54) is 0 Å². The number of carbonyl (C=O) groups is 1. The zero-order valence-corrected chi connectivity index (χ0v) is 14.6. The minimum atomic E-state index is 0.0976. The number of carbonyl (C=O) groups excluding carboxylic acids is 1. The Morgan fingerprint density at radius 1 is 1.22 bits per heavy atom. The van der Waals surface area contributed by atoms with Crippen LogP contribution in [-0.2, 0) is 4.79 Å². The Morgan fingerprint density at radius 2 is 1.91 bits per heavy atom. The van der Waals surface area contributed by atoms with Crippen LogP contribution in [0.3, 0.4) is 0 Å². The Labute approximate surface area is 139 Å². The Balaban J connectivity index is 2.02. The van der Waals surface area contributed by atoms with Gasteiger partial charge < -0.3 is 19.7 Å². The van der Waals surface area contributed by atoms with E-state index in [4.69, 9.17) is 9.47 Å². The number of fused-ring (bicyclic) bond motifs is 1. The minimum Gasteiger partial charge on any atom is -0.486 e. The van der Waals surface area contributed by atoms with Crippen molar-refractivity contribution >= 4 is 5.91 Å². The molecule has 1 aromatic carbocycles. The molecule has 1 aromatic rings. The molecule has 1 atom stereocenters. The molecule has 1 amide bonds. The number of ether oxygens (including phenoxy) is 2. The van der Waals surface area contributed by atoms with E-state index in [0.29, 0.717) is 32.1 Å². The lowest BCUT2D eigenvalue weighted by atomic mass is 9.85. The monoisotopic (exact) mass is 320 g/mol. The van der Waals surface area contributed by atoms with Gasteiger partial charge in [-0.15, -0.1) is 0 Å². The lowest BCUT2D eigenvalue weighted by molar-refractivity contribution is -0.121. The first-order valence-corrected chi connectivity index (χ1v) is 8.28. The summed E-state index contributed by atoms with van der Waals surface area (Å²) >= 11 is 0. The average Bonchev–Trinajstić information content (AvgIpc) is 2.51. The van der Waals surface area contributed by atoms with Crippen molar-refractivity contribution in [3.63, 3.8) is 0 Å². The van der Waals surface area contributed by atoms with Crippen LogP contribution < -0.4 is 14.8 Å². The Kier molecular flexibility index (Phi) is 6.28. The highest BCUT2D eigenvalue weighted by Crippen LogP contribution is 2.36. The highest BCUT2D eigenvalue weighted by molar-refractivity contribution is 5.77. The number of nitrogens with zero attached hydrogens (tertiary/aromatic N) is 1. The van der Waals surface area contributed by atoms with E-state index in [9.17, 15) is 4.79 Å². The Morgan fingerprint density at radius 3 is 2.57 bits per heavy atom. The molecule has 0 spiro atoms. The van der Waals surface area contributed by atoms with Gasteiger partial charge in [0.25, 0.3) is 0 Å². The van der Waals surface area contributed by atoms with Crippen LogP contribution in [0.2, 0.25) is 0 Å². The molecule has 0 aliphatic carbocycles. The highest BCUT2D eigenvalue weighted by atomic mass is 16.6. The van der Waals surface area contributed by atoms with E-state index in [0.717, 1.165) is 23.6 Å².